The first-order chi connectivity index (χ1) is 9.65. The summed E-state index contributed by atoms with van der Waals surface area (Å²) in [5.41, 5.74) is 9.19. The zero-order valence-corrected chi connectivity index (χ0v) is 11.4. The lowest BCUT2D eigenvalue weighted by Crippen LogP contribution is -2.04. The van der Waals surface area contributed by atoms with Gasteiger partial charge < -0.3 is 5.73 Å². The van der Waals surface area contributed by atoms with E-state index in [-0.39, 0.29) is 0 Å². The fraction of sp³-hybridized carbons (Fsp3) is 0.133. The summed E-state index contributed by atoms with van der Waals surface area (Å²) in [5.74, 6) is 1.63. The number of anilines is 1. The van der Waals surface area contributed by atoms with E-state index in [0.29, 0.717) is 0 Å². The third kappa shape index (κ3) is 2.14. The number of imidazole rings is 1. The third-order valence-electron chi connectivity index (χ3n) is 3.09. The summed E-state index contributed by atoms with van der Waals surface area (Å²) in [6, 6.07) is 7.63. The quantitative estimate of drug-likeness (QED) is 0.723. The minimum Gasteiger partial charge on any atom is -0.399 e. The van der Waals surface area contributed by atoms with Gasteiger partial charge in [0, 0.05) is 29.8 Å². The summed E-state index contributed by atoms with van der Waals surface area (Å²) < 4.78 is 1.95. The van der Waals surface area contributed by atoms with Crippen LogP contribution >= 0.6 is 0 Å². The molecule has 1 aromatic carbocycles. The van der Waals surface area contributed by atoms with Crippen LogP contribution in [0, 0.1) is 13.8 Å². The van der Waals surface area contributed by atoms with Gasteiger partial charge in [-0.1, -0.05) is 0 Å². The predicted octanol–water partition coefficient (Wildman–Crippen LogP) is 2.53. The van der Waals surface area contributed by atoms with Crippen LogP contribution in [0.4, 0.5) is 5.69 Å². The average molecular weight is 265 g/mol. The van der Waals surface area contributed by atoms with Crippen LogP contribution in [0.25, 0.3) is 17.2 Å². The number of nitrogen functional groups attached to an aromatic ring is 1. The molecule has 2 N–H and O–H groups in total. The Balaban J connectivity index is 2.15. The van der Waals surface area contributed by atoms with Gasteiger partial charge in [0.1, 0.15) is 5.82 Å². The van der Waals surface area contributed by atoms with Crippen LogP contribution in [0.1, 0.15) is 11.4 Å². The topological polar surface area (TPSA) is 69.6 Å². The van der Waals surface area contributed by atoms with Crippen molar-refractivity contribution < 1.29 is 0 Å². The fourth-order valence-electron chi connectivity index (χ4n) is 2.07. The SMILES string of the molecule is Cc1cnc(C)c(-n2ccnc2-c2ccc(N)cc2)n1. The second kappa shape index (κ2) is 4.77. The molecule has 5 nitrogen and oxygen atoms in total. The normalized spacial score (nSPS) is 10.7. The van der Waals surface area contributed by atoms with Crippen LogP contribution < -0.4 is 5.73 Å². The minimum atomic E-state index is 0.735. The summed E-state index contributed by atoms with van der Waals surface area (Å²) >= 11 is 0. The van der Waals surface area contributed by atoms with Crippen molar-refractivity contribution >= 4 is 5.69 Å². The Bertz CT molecular complexity index is 743. The Kier molecular flexibility index (Phi) is 2.95. The smallest absolute Gasteiger partial charge is 0.160 e. The maximum absolute atomic E-state index is 5.72. The molecule has 0 radical (unpaired) electrons. The van der Waals surface area contributed by atoms with Crippen molar-refractivity contribution in [2.45, 2.75) is 13.8 Å². The van der Waals surface area contributed by atoms with Crippen molar-refractivity contribution in [1.82, 2.24) is 19.5 Å². The number of aryl methyl sites for hydroxylation is 2. The van der Waals surface area contributed by atoms with Crippen LogP contribution in [0.2, 0.25) is 0 Å². The van der Waals surface area contributed by atoms with Crippen molar-refractivity contribution in [1.29, 1.82) is 0 Å². The van der Waals surface area contributed by atoms with Crippen molar-refractivity contribution in [2.75, 3.05) is 5.73 Å². The number of hydrogen-bond acceptors (Lipinski definition) is 4. The fourth-order valence-corrected chi connectivity index (χ4v) is 2.07. The number of hydrogen-bond donors (Lipinski definition) is 1. The Morgan fingerprint density at radius 2 is 1.80 bits per heavy atom. The molecule has 3 aromatic rings. The van der Waals surface area contributed by atoms with E-state index in [1.54, 1.807) is 12.4 Å². The van der Waals surface area contributed by atoms with Crippen LogP contribution in [-0.4, -0.2) is 19.5 Å². The number of aromatic nitrogens is 4. The Hall–Kier alpha value is -2.69. The van der Waals surface area contributed by atoms with E-state index in [2.05, 4.69) is 15.0 Å². The zero-order chi connectivity index (χ0) is 14.1. The highest BCUT2D eigenvalue weighted by Crippen LogP contribution is 2.22. The van der Waals surface area contributed by atoms with Gasteiger partial charge in [-0.25, -0.2) is 9.97 Å². The molecule has 0 spiro atoms. The molecule has 0 atom stereocenters. The van der Waals surface area contributed by atoms with E-state index < -0.39 is 0 Å². The van der Waals surface area contributed by atoms with Crippen molar-refractivity contribution in [3.8, 4) is 17.2 Å². The maximum Gasteiger partial charge on any atom is 0.160 e. The summed E-state index contributed by atoms with van der Waals surface area (Å²) in [6.07, 6.45) is 5.41. The van der Waals surface area contributed by atoms with Crippen molar-refractivity contribution in [2.24, 2.45) is 0 Å². The molecule has 2 aromatic heterocycles. The minimum absolute atomic E-state index is 0.735. The molecule has 0 aliphatic heterocycles. The molecule has 0 saturated carbocycles. The van der Waals surface area contributed by atoms with Crippen molar-refractivity contribution in [3.05, 3.63) is 54.2 Å². The van der Waals surface area contributed by atoms with Crippen molar-refractivity contribution in [3.63, 3.8) is 0 Å². The van der Waals surface area contributed by atoms with Gasteiger partial charge in [-0.05, 0) is 38.1 Å². The lowest BCUT2D eigenvalue weighted by atomic mass is 10.2. The van der Waals surface area contributed by atoms with Crippen LogP contribution in [0.3, 0.4) is 0 Å². The van der Waals surface area contributed by atoms with Gasteiger partial charge in [0.15, 0.2) is 5.82 Å². The average Bonchev–Trinajstić information content (AvgIpc) is 2.91. The molecule has 0 fully saturated rings. The first-order valence-corrected chi connectivity index (χ1v) is 6.35. The number of nitrogens with zero attached hydrogens (tertiary/aromatic N) is 4. The van der Waals surface area contributed by atoms with Gasteiger partial charge >= 0.3 is 0 Å². The largest absolute Gasteiger partial charge is 0.399 e. The maximum atomic E-state index is 5.72. The first kappa shape index (κ1) is 12.3. The van der Waals surface area contributed by atoms with E-state index in [4.69, 9.17) is 5.73 Å². The van der Waals surface area contributed by atoms with Gasteiger partial charge in [0.25, 0.3) is 0 Å². The highest BCUT2D eigenvalue weighted by atomic mass is 15.1. The second-order valence-corrected chi connectivity index (χ2v) is 4.66. The molecule has 0 unspecified atom stereocenters. The number of nitrogens with two attached hydrogens (primary N) is 1. The highest BCUT2D eigenvalue weighted by Gasteiger charge is 2.11. The van der Waals surface area contributed by atoms with E-state index >= 15 is 0 Å². The van der Waals surface area contributed by atoms with Gasteiger partial charge in [-0.2, -0.15) is 0 Å². The van der Waals surface area contributed by atoms with Gasteiger partial charge in [-0.15, -0.1) is 0 Å². The van der Waals surface area contributed by atoms with Crippen LogP contribution in [-0.2, 0) is 0 Å². The molecule has 5 heteroatoms. The summed E-state index contributed by atoms with van der Waals surface area (Å²) in [4.78, 5) is 13.3. The monoisotopic (exact) mass is 265 g/mol. The molecule has 0 aliphatic rings. The number of rotatable bonds is 2. The highest BCUT2D eigenvalue weighted by molar-refractivity contribution is 5.61. The lowest BCUT2D eigenvalue weighted by molar-refractivity contribution is 0.927. The molecule has 3 rings (SSSR count). The van der Waals surface area contributed by atoms with Crippen LogP contribution in [0.15, 0.2) is 42.9 Å². The molecule has 0 bridgehead atoms. The molecule has 0 aliphatic carbocycles. The molecule has 20 heavy (non-hydrogen) atoms. The molecule has 0 amide bonds. The Morgan fingerprint density at radius 1 is 1.05 bits per heavy atom. The van der Waals surface area contributed by atoms with E-state index in [1.807, 2.05) is 48.9 Å². The molecule has 0 saturated heterocycles. The van der Waals surface area contributed by atoms with E-state index in [9.17, 15) is 0 Å². The molecular formula is C15H15N5. The van der Waals surface area contributed by atoms with Crippen LogP contribution in [0.5, 0.6) is 0 Å². The molecular weight excluding hydrogens is 250 g/mol. The van der Waals surface area contributed by atoms with E-state index in [1.165, 1.54) is 0 Å². The first-order valence-electron chi connectivity index (χ1n) is 6.35. The predicted molar refractivity (Wildman–Crippen MR) is 78.5 cm³/mol. The second-order valence-electron chi connectivity index (χ2n) is 4.66. The van der Waals surface area contributed by atoms with Gasteiger partial charge in [0.2, 0.25) is 0 Å². The summed E-state index contributed by atoms with van der Waals surface area (Å²) in [7, 11) is 0. The standard InChI is InChI=1S/C15H15N5/c1-10-9-18-11(2)14(19-10)20-8-7-17-15(20)12-3-5-13(16)6-4-12/h3-9H,16H2,1-2H3. The van der Waals surface area contributed by atoms with E-state index in [0.717, 1.165) is 34.3 Å². The lowest BCUT2D eigenvalue weighted by Gasteiger charge is -2.10. The Labute approximate surface area is 117 Å². The molecule has 100 valence electrons. The van der Waals surface area contributed by atoms with Gasteiger partial charge in [0.05, 0.1) is 11.4 Å². The number of benzene rings is 1. The zero-order valence-electron chi connectivity index (χ0n) is 11.4. The molecule has 2 heterocycles. The summed E-state index contributed by atoms with van der Waals surface area (Å²) in [5, 5.41) is 0. The van der Waals surface area contributed by atoms with Gasteiger partial charge in [-0.3, -0.25) is 9.55 Å². The Morgan fingerprint density at radius 3 is 2.55 bits per heavy atom. The third-order valence-corrected chi connectivity index (χ3v) is 3.09. The summed E-state index contributed by atoms with van der Waals surface area (Å²) in [6.45, 7) is 3.87.